The van der Waals surface area contributed by atoms with Crippen LogP contribution in [0.15, 0.2) is 84.9 Å². The van der Waals surface area contributed by atoms with Gasteiger partial charge in [-0.2, -0.15) is 0 Å². The van der Waals surface area contributed by atoms with E-state index >= 15 is 0 Å². The van der Waals surface area contributed by atoms with Crippen molar-refractivity contribution in [1.29, 1.82) is 0 Å². The van der Waals surface area contributed by atoms with Crippen LogP contribution in [-0.2, 0) is 6.42 Å². The lowest BCUT2D eigenvalue weighted by molar-refractivity contribution is 1.26. The molecule has 0 fully saturated rings. The highest BCUT2D eigenvalue weighted by molar-refractivity contribution is 7.26. The van der Waals surface area contributed by atoms with Crippen molar-refractivity contribution in [3.63, 3.8) is 0 Å². The SMILES string of the molecule is c1ccc2c(c1)Cc1ccc(-c3cccc4c3sc3ccccc34)cc1-2. The number of hydrogen-bond donors (Lipinski definition) is 0. The summed E-state index contributed by atoms with van der Waals surface area (Å²) in [6.45, 7) is 0. The molecule has 1 aromatic heterocycles. The Labute approximate surface area is 156 Å². The highest BCUT2D eigenvalue weighted by Crippen LogP contribution is 2.43. The fourth-order valence-corrected chi connectivity index (χ4v) is 5.50. The second-order valence-electron chi connectivity index (χ2n) is 6.99. The molecule has 5 aromatic rings. The van der Waals surface area contributed by atoms with Gasteiger partial charge in [-0.3, -0.25) is 0 Å². The molecule has 0 spiro atoms. The Morgan fingerprint density at radius 2 is 1.35 bits per heavy atom. The van der Waals surface area contributed by atoms with Gasteiger partial charge in [-0.05, 0) is 51.9 Å². The molecule has 4 aromatic carbocycles. The van der Waals surface area contributed by atoms with Crippen LogP contribution < -0.4 is 0 Å². The molecule has 0 amide bonds. The van der Waals surface area contributed by atoms with Crippen molar-refractivity contribution in [2.75, 3.05) is 0 Å². The van der Waals surface area contributed by atoms with Crippen LogP contribution in [0.3, 0.4) is 0 Å². The summed E-state index contributed by atoms with van der Waals surface area (Å²) < 4.78 is 2.75. The van der Waals surface area contributed by atoms with Crippen LogP contribution in [0, 0.1) is 0 Å². The van der Waals surface area contributed by atoms with E-state index < -0.39 is 0 Å². The van der Waals surface area contributed by atoms with Crippen LogP contribution in [0.4, 0.5) is 0 Å². The minimum atomic E-state index is 1.05. The highest BCUT2D eigenvalue weighted by atomic mass is 32.1. The van der Waals surface area contributed by atoms with Crippen molar-refractivity contribution in [1.82, 2.24) is 0 Å². The zero-order chi connectivity index (χ0) is 17.1. The standard InChI is InChI=1S/C25H16S/c1-2-7-19-16(6-1)14-17-12-13-18(15-23(17)19)20-9-5-10-22-21-8-3-4-11-24(21)26-25(20)22/h1-13,15H,14H2. The quantitative estimate of drug-likeness (QED) is 0.292. The summed E-state index contributed by atoms with van der Waals surface area (Å²) in [7, 11) is 0. The highest BCUT2D eigenvalue weighted by Gasteiger charge is 2.19. The van der Waals surface area contributed by atoms with E-state index in [0.29, 0.717) is 0 Å². The molecule has 1 heteroatoms. The van der Waals surface area contributed by atoms with E-state index in [0.717, 1.165) is 6.42 Å². The third kappa shape index (κ3) is 1.95. The first-order valence-electron chi connectivity index (χ1n) is 9.00. The van der Waals surface area contributed by atoms with Gasteiger partial charge in [0.15, 0.2) is 0 Å². The fraction of sp³-hybridized carbons (Fsp3) is 0.0400. The number of fused-ring (bicyclic) bond motifs is 6. The average molecular weight is 348 g/mol. The van der Waals surface area contributed by atoms with Crippen molar-refractivity contribution in [3.05, 3.63) is 96.1 Å². The van der Waals surface area contributed by atoms with E-state index in [2.05, 4.69) is 84.9 Å². The predicted octanol–water partition coefficient (Wildman–Crippen LogP) is 7.29. The Hall–Kier alpha value is -2.90. The minimum absolute atomic E-state index is 1.05. The van der Waals surface area contributed by atoms with E-state index in [1.54, 1.807) is 0 Å². The van der Waals surface area contributed by atoms with Gasteiger partial charge in [0.1, 0.15) is 0 Å². The number of thiophene rings is 1. The van der Waals surface area contributed by atoms with Gasteiger partial charge in [0, 0.05) is 20.2 Å². The normalized spacial score (nSPS) is 12.5. The summed E-state index contributed by atoms with van der Waals surface area (Å²) in [6.07, 6.45) is 1.05. The van der Waals surface area contributed by atoms with Crippen LogP contribution in [0.5, 0.6) is 0 Å². The smallest absolute Gasteiger partial charge is 0.0433 e. The molecule has 0 saturated carbocycles. The second kappa shape index (κ2) is 5.30. The van der Waals surface area contributed by atoms with Gasteiger partial charge in [-0.25, -0.2) is 0 Å². The maximum Gasteiger partial charge on any atom is 0.0433 e. The van der Waals surface area contributed by atoms with Crippen molar-refractivity contribution >= 4 is 31.5 Å². The third-order valence-electron chi connectivity index (χ3n) is 5.51. The molecule has 0 radical (unpaired) electrons. The molecule has 1 aliphatic rings. The van der Waals surface area contributed by atoms with Gasteiger partial charge in [-0.15, -0.1) is 11.3 Å². The lowest BCUT2D eigenvalue weighted by Gasteiger charge is -2.07. The molecule has 26 heavy (non-hydrogen) atoms. The lowest BCUT2D eigenvalue weighted by atomic mass is 9.97. The molecule has 0 saturated heterocycles. The van der Waals surface area contributed by atoms with E-state index in [-0.39, 0.29) is 0 Å². The average Bonchev–Trinajstić information content (AvgIpc) is 3.25. The van der Waals surface area contributed by atoms with Crippen LogP contribution in [0.1, 0.15) is 11.1 Å². The molecule has 122 valence electrons. The number of rotatable bonds is 1. The third-order valence-corrected chi connectivity index (χ3v) is 6.73. The largest absolute Gasteiger partial charge is 0.135 e. The number of hydrogen-bond acceptors (Lipinski definition) is 1. The van der Waals surface area contributed by atoms with Crippen molar-refractivity contribution in [3.8, 4) is 22.3 Å². The van der Waals surface area contributed by atoms with Gasteiger partial charge >= 0.3 is 0 Å². The molecule has 0 aliphatic heterocycles. The molecule has 0 atom stereocenters. The molecular formula is C25H16S. The van der Waals surface area contributed by atoms with Gasteiger partial charge in [0.2, 0.25) is 0 Å². The maximum atomic E-state index is 2.39. The lowest BCUT2D eigenvalue weighted by Crippen LogP contribution is -1.83. The van der Waals surface area contributed by atoms with Crippen molar-refractivity contribution < 1.29 is 0 Å². The van der Waals surface area contributed by atoms with Crippen LogP contribution in [0.25, 0.3) is 42.4 Å². The molecule has 6 rings (SSSR count). The second-order valence-corrected chi connectivity index (χ2v) is 8.04. The first-order chi connectivity index (χ1) is 12.9. The Kier molecular flexibility index (Phi) is 2.91. The monoisotopic (exact) mass is 348 g/mol. The van der Waals surface area contributed by atoms with Crippen molar-refractivity contribution in [2.24, 2.45) is 0 Å². The Morgan fingerprint density at radius 3 is 2.35 bits per heavy atom. The molecule has 1 aliphatic carbocycles. The topological polar surface area (TPSA) is 0 Å². The summed E-state index contributed by atoms with van der Waals surface area (Å²) in [5, 5.41) is 2.73. The zero-order valence-electron chi connectivity index (χ0n) is 14.2. The minimum Gasteiger partial charge on any atom is -0.135 e. The van der Waals surface area contributed by atoms with Gasteiger partial charge in [0.05, 0.1) is 0 Å². The van der Waals surface area contributed by atoms with E-state index in [1.165, 1.54) is 53.6 Å². The van der Waals surface area contributed by atoms with Crippen LogP contribution >= 0.6 is 11.3 Å². The molecule has 0 unspecified atom stereocenters. The zero-order valence-corrected chi connectivity index (χ0v) is 15.0. The summed E-state index contributed by atoms with van der Waals surface area (Å²) in [5.41, 5.74) is 8.34. The van der Waals surface area contributed by atoms with Crippen molar-refractivity contribution in [2.45, 2.75) is 6.42 Å². The fourth-order valence-electron chi connectivity index (χ4n) is 4.27. The summed E-state index contributed by atoms with van der Waals surface area (Å²) in [6, 6.07) is 31.2. The molecule has 0 bridgehead atoms. The molecular weight excluding hydrogens is 332 g/mol. The Bertz CT molecular complexity index is 1310. The van der Waals surface area contributed by atoms with Crippen LogP contribution in [-0.4, -0.2) is 0 Å². The summed E-state index contributed by atoms with van der Waals surface area (Å²) in [5.74, 6) is 0. The summed E-state index contributed by atoms with van der Waals surface area (Å²) in [4.78, 5) is 0. The Balaban J connectivity index is 1.61. The van der Waals surface area contributed by atoms with Crippen LogP contribution in [0.2, 0.25) is 0 Å². The van der Waals surface area contributed by atoms with Gasteiger partial charge in [0.25, 0.3) is 0 Å². The first kappa shape index (κ1) is 14.3. The van der Waals surface area contributed by atoms with E-state index in [1.807, 2.05) is 11.3 Å². The first-order valence-corrected chi connectivity index (χ1v) is 9.82. The molecule has 1 heterocycles. The Morgan fingerprint density at radius 1 is 0.577 bits per heavy atom. The summed E-state index contributed by atoms with van der Waals surface area (Å²) >= 11 is 1.90. The van der Waals surface area contributed by atoms with E-state index in [4.69, 9.17) is 0 Å². The maximum absolute atomic E-state index is 2.39. The van der Waals surface area contributed by atoms with Gasteiger partial charge in [-0.1, -0.05) is 72.8 Å². The van der Waals surface area contributed by atoms with E-state index in [9.17, 15) is 0 Å². The molecule has 0 N–H and O–H groups in total. The predicted molar refractivity (Wildman–Crippen MR) is 113 cm³/mol. The molecule has 0 nitrogen and oxygen atoms in total. The number of benzene rings is 4. The van der Waals surface area contributed by atoms with Gasteiger partial charge < -0.3 is 0 Å².